The van der Waals surface area contributed by atoms with E-state index in [0.29, 0.717) is 18.8 Å². The van der Waals surface area contributed by atoms with Crippen molar-refractivity contribution in [3.8, 4) is 17.4 Å². The van der Waals surface area contributed by atoms with Crippen LogP contribution in [0.4, 0.5) is 14.5 Å². The predicted molar refractivity (Wildman–Crippen MR) is 86.8 cm³/mol. The largest absolute Gasteiger partial charge is 0.464 e. The Hall–Kier alpha value is -2.89. The van der Waals surface area contributed by atoms with Gasteiger partial charge in [-0.25, -0.2) is 13.8 Å². The molecule has 24 heavy (non-hydrogen) atoms. The van der Waals surface area contributed by atoms with Crippen LogP contribution in [0.5, 0.6) is 5.95 Å². The molecule has 0 saturated heterocycles. The maximum absolute atomic E-state index is 13.9. The summed E-state index contributed by atoms with van der Waals surface area (Å²) in [6, 6.07) is 13.1. The highest BCUT2D eigenvalue weighted by atomic mass is 19.1. The number of oxazole rings is 1. The third-order valence-corrected chi connectivity index (χ3v) is 3.35. The summed E-state index contributed by atoms with van der Waals surface area (Å²) in [5, 5.41) is 3.16. The summed E-state index contributed by atoms with van der Waals surface area (Å²) in [5.74, 6) is -1.46. The molecule has 4 nitrogen and oxygen atoms in total. The van der Waals surface area contributed by atoms with E-state index in [0.717, 1.165) is 17.8 Å². The van der Waals surface area contributed by atoms with Gasteiger partial charge in [0.1, 0.15) is 22.9 Å². The van der Waals surface area contributed by atoms with Crippen molar-refractivity contribution in [2.75, 3.05) is 11.9 Å². The first-order valence-electron chi connectivity index (χ1n) is 7.55. The van der Waals surface area contributed by atoms with Crippen LogP contribution in [0.25, 0.3) is 11.5 Å². The molecule has 0 unspecified atom stereocenters. The van der Waals surface area contributed by atoms with Crippen molar-refractivity contribution >= 4 is 5.69 Å². The van der Waals surface area contributed by atoms with Gasteiger partial charge in [-0.3, -0.25) is 0 Å². The SMILES string of the molecule is CCOc1oc(-c2c(F)cccc2F)nc1CNc1ccccc1. The lowest BCUT2D eigenvalue weighted by molar-refractivity contribution is 0.257. The lowest BCUT2D eigenvalue weighted by Crippen LogP contribution is -2.02. The minimum atomic E-state index is -0.734. The van der Waals surface area contributed by atoms with Crippen LogP contribution < -0.4 is 10.1 Å². The molecule has 1 N–H and O–H groups in total. The van der Waals surface area contributed by atoms with Crippen LogP contribution in [-0.2, 0) is 6.54 Å². The minimum absolute atomic E-state index is 0.140. The van der Waals surface area contributed by atoms with E-state index in [1.807, 2.05) is 30.3 Å². The van der Waals surface area contributed by atoms with Crippen molar-refractivity contribution in [2.45, 2.75) is 13.5 Å². The molecule has 2 aromatic carbocycles. The van der Waals surface area contributed by atoms with Crippen molar-refractivity contribution in [1.29, 1.82) is 0 Å². The second-order valence-corrected chi connectivity index (χ2v) is 5.00. The number of ether oxygens (including phenoxy) is 1. The Kier molecular flexibility index (Phi) is 4.74. The van der Waals surface area contributed by atoms with Gasteiger partial charge in [-0.15, -0.1) is 0 Å². The zero-order chi connectivity index (χ0) is 16.9. The van der Waals surface area contributed by atoms with Crippen molar-refractivity contribution < 1.29 is 17.9 Å². The average Bonchev–Trinajstić information content (AvgIpc) is 2.97. The molecule has 0 aliphatic heterocycles. The zero-order valence-corrected chi connectivity index (χ0v) is 13.1. The molecule has 0 radical (unpaired) electrons. The van der Waals surface area contributed by atoms with Gasteiger partial charge >= 0.3 is 5.95 Å². The van der Waals surface area contributed by atoms with Crippen LogP contribution >= 0.6 is 0 Å². The van der Waals surface area contributed by atoms with E-state index in [9.17, 15) is 8.78 Å². The summed E-state index contributed by atoms with van der Waals surface area (Å²) in [6.07, 6.45) is 0. The monoisotopic (exact) mass is 330 g/mol. The van der Waals surface area contributed by atoms with E-state index in [4.69, 9.17) is 9.15 Å². The molecule has 0 amide bonds. The molecule has 0 spiro atoms. The van der Waals surface area contributed by atoms with Gasteiger partial charge in [0.2, 0.25) is 5.89 Å². The van der Waals surface area contributed by atoms with Gasteiger partial charge in [-0.05, 0) is 31.2 Å². The molecule has 6 heteroatoms. The van der Waals surface area contributed by atoms with E-state index in [2.05, 4.69) is 10.3 Å². The van der Waals surface area contributed by atoms with Crippen LogP contribution in [0.2, 0.25) is 0 Å². The fourth-order valence-corrected chi connectivity index (χ4v) is 2.24. The van der Waals surface area contributed by atoms with Crippen LogP contribution in [0.3, 0.4) is 0 Å². The minimum Gasteiger partial charge on any atom is -0.464 e. The Morgan fingerprint density at radius 2 is 1.75 bits per heavy atom. The highest BCUT2D eigenvalue weighted by Gasteiger charge is 2.21. The van der Waals surface area contributed by atoms with E-state index >= 15 is 0 Å². The maximum atomic E-state index is 13.9. The number of aromatic nitrogens is 1. The first kappa shape index (κ1) is 16.0. The molecule has 1 aromatic heterocycles. The van der Waals surface area contributed by atoms with E-state index in [-0.39, 0.29) is 17.4 Å². The lowest BCUT2D eigenvalue weighted by Gasteiger charge is -2.05. The number of benzene rings is 2. The van der Waals surface area contributed by atoms with Crippen molar-refractivity contribution in [1.82, 2.24) is 4.98 Å². The molecule has 0 atom stereocenters. The standard InChI is InChI=1S/C18H16F2N2O2/c1-2-23-18-15(11-21-12-7-4-3-5-8-12)22-17(24-18)16-13(19)9-6-10-14(16)20/h3-10,21H,2,11H2,1H3. The normalized spacial score (nSPS) is 10.6. The van der Waals surface area contributed by atoms with Crippen LogP contribution in [0.15, 0.2) is 52.9 Å². The Morgan fingerprint density at radius 3 is 2.42 bits per heavy atom. The predicted octanol–water partition coefficient (Wildman–Crippen LogP) is 4.63. The fraction of sp³-hybridized carbons (Fsp3) is 0.167. The summed E-state index contributed by atoms with van der Waals surface area (Å²) in [6.45, 7) is 2.45. The Labute approximate surface area is 138 Å². The number of nitrogens with zero attached hydrogens (tertiary/aromatic N) is 1. The van der Waals surface area contributed by atoms with Crippen LogP contribution in [0.1, 0.15) is 12.6 Å². The number of nitrogens with one attached hydrogen (secondary N) is 1. The smallest absolute Gasteiger partial charge is 0.310 e. The summed E-state index contributed by atoms with van der Waals surface area (Å²) < 4.78 is 38.7. The molecule has 1 heterocycles. The van der Waals surface area contributed by atoms with Gasteiger partial charge < -0.3 is 14.5 Å². The van der Waals surface area contributed by atoms with Gasteiger partial charge in [0.05, 0.1) is 13.2 Å². The molecule has 0 aliphatic carbocycles. The molecular weight excluding hydrogens is 314 g/mol. The van der Waals surface area contributed by atoms with Crippen molar-refractivity contribution in [2.24, 2.45) is 0 Å². The number of rotatable bonds is 6. The second kappa shape index (κ2) is 7.12. The maximum Gasteiger partial charge on any atom is 0.310 e. The molecule has 124 valence electrons. The Balaban J connectivity index is 1.90. The summed E-state index contributed by atoms with van der Waals surface area (Å²) in [5.41, 5.74) is 1.03. The van der Waals surface area contributed by atoms with E-state index in [1.165, 1.54) is 6.07 Å². The van der Waals surface area contributed by atoms with E-state index < -0.39 is 11.6 Å². The number of halogens is 2. The molecule has 0 bridgehead atoms. The number of anilines is 1. The first-order valence-corrected chi connectivity index (χ1v) is 7.55. The van der Waals surface area contributed by atoms with Gasteiger partial charge in [-0.1, -0.05) is 24.3 Å². The third-order valence-electron chi connectivity index (χ3n) is 3.35. The summed E-state index contributed by atoms with van der Waals surface area (Å²) in [7, 11) is 0. The van der Waals surface area contributed by atoms with E-state index in [1.54, 1.807) is 6.92 Å². The first-order chi connectivity index (χ1) is 11.7. The Morgan fingerprint density at radius 1 is 1.04 bits per heavy atom. The zero-order valence-electron chi connectivity index (χ0n) is 13.1. The topological polar surface area (TPSA) is 47.3 Å². The number of hydrogen-bond donors (Lipinski definition) is 1. The molecule has 0 saturated carbocycles. The van der Waals surface area contributed by atoms with Crippen LogP contribution in [0, 0.1) is 11.6 Å². The number of hydrogen-bond acceptors (Lipinski definition) is 4. The lowest BCUT2D eigenvalue weighted by atomic mass is 10.2. The molecule has 0 fully saturated rings. The summed E-state index contributed by atoms with van der Waals surface area (Å²) in [4.78, 5) is 4.20. The van der Waals surface area contributed by atoms with Gasteiger partial charge in [0.15, 0.2) is 0 Å². The van der Waals surface area contributed by atoms with Gasteiger partial charge in [0.25, 0.3) is 0 Å². The highest BCUT2D eigenvalue weighted by Crippen LogP contribution is 2.31. The van der Waals surface area contributed by atoms with Crippen LogP contribution in [-0.4, -0.2) is 11.6 Å². The van der Waals surface area contributed by atoms with Gasteiger partial charge in [0, 0.05) is 5.69 Å². The van der Waals surface area contributed by atoms with Crippen molar-refractivity contribution in [3.05, 3.63) is 65.9 Å². The highest BCUT2D eigenvalue weighted by molar-refractivity contribution is 5.56. The molecule has 3 rings (SSSR count). The Bertz CT molecular complexity index is 799. The van der Waals surface area contributed by atoms with Gasteiger partial charge in [-0.2, -0.15) is 0 Å². The average molecular weight is 330 g/mol. The third kappa shape index (κ3) is 3.37. The quantitative estimate of drug-likeness (QED) is 0.716. The molecule has 0 aliphatic rings. The number of para-hydroxylation sites is 1. The fourth-order valence-electron chi connectivity index (χ4n) is 2.24. The second-order valence-electron chi connectivity index (χ2n) is 5.00. The van der Waals surface area contributed by atoms with Crippen molar-refractivity contribution in [3.63, 3.8) is 0 Å². The molecular formula is C18H16F2N2O2. The molecule has 3 aromatic rings. The summed E-state index contributed by atoms with van der Waals surface area (Å²) >= 11 is 0.